The van der Waals surface area contributed by atoms with E-state index >= 15 is 0 Å². The molecular formula is C94H62N4. The molecule has 15 rings (SSSR count). The van der Waals surface area contributed by atoms with Crippen molar-refractivity contribution >= 4 is 89.8 Å². The van der Waals surface area contributed by atoms with Gasteiger partial charge >= 0.3 is 0 Å². The molecule has 0 aliphatic rings. The van der Waals surface area contributed by atoms with Crippen LogP contribution in [0.25, 0.3) is 21.5 Å². The number of nitrogens with zero attached hydrogens (tertiary/aromatic N) is 4. The Morgan fingerprint density at radius 3 is 0.500 bits per heavy atom. The number of para-hydroxylation sites is 8. The average Bonchev–Trinajstić information content (AvgIpc) is 0.745. The van der Waals surface area contributed by atoms with Crippen LogP contribution in [-0.4, -0.2) is 0 Å². The molecule has 0 aliphatic heterocycles. The molecule has 0 amide bonds. The number of fused-ring (bicyclic) bond motifs is 2. The SMILES string of the molecule is C(#Cc1ccc2c(C#Cc3ccc(N(c4ccccc4)c4ccccc4)cc3)c3cc(C#Cc4ccc(N(c5ccccc5)c5ccccc5)cc4)ccc3c(C#Cc3ccc(N(c4ccccc4)c4ccccc4)cc3)c2c1)c1ccc(N(c2ccccc2)c2ccccc2)cc1. The summed E-state index contributed by atoms with van der Waals surface area (Å²) >= 11 is 0. The second kappa shape index (κ2) is 28.6. The van der Waals surface area contributed by atoms with Crippen LogP contribution in [0.2, 0.25) is 0 Å². The number of anilines is 12. The molecule has 0 radical (unpaired) electrons. The fourth-order valence-electron chi connectivity index (χ4n) is 12.4. The zero-order valence-electron chi connectivity index (χ0n) is 53.6. The molecular weight excluding hydrogens is 1190 g/mol. The van der Waals surface area contributed by atoms with Gasteiger partial charge in [-0.15, -0.1) is 0 Å². The van der Waals surface area contributed by atoms with Crippen LogP contribution in [0.5, 0.6) is 0 Å². The first-order chi connectivity index (χ1) is 48.6. The summed E-state index contributed by atoms with van der Waals surface area (Å²) in [5.41, 5.74) is 19.7. The van der Waals surface area contributed by atoms with Crippen molar-refractivity contribution in [3.63, 3.8) is 0 Å². The molecule has 4 heteroatoms. The highest BCUT2D eigenvalue weighted by Gasteiger charge is 2.18. The van der Waals surface area contributed by atoms with E-state index in [9.17, 15) is 0 Å². The second-order valence-corrected chi connectivity index (χ2v) is 23.5. The zero-order chi connectivity index (χ0) is 65.7. The van der Waals surface area contributed by atoms with Crippen molar-refractivity contribution in [1.82, 2.24) is 0 Å². The van der Waals surface area contributed by atoms with E-state index < -0.39 is 0 Å². The first-order valence-electron chi connectivity index (χ1n) is 32.7. The van der Waals surface area contributed by atoms with Gasteiger partial charge in [0, 0.05) is 124 Å². The summed E-state index contributed by atoms with van der Waals surface area (Å²) < 4.78 is 0. The van der Waals surface area contributed by atoms with Crippen LogP contribution >= 0.6 is 0 Å². The minimum Gasteiger partial charge on any atom is -0.311 e. The molecule has 0 heterocycles. The molecule has 0 aromatic heterocycles. The van der Waals surface area contributed by atoms with Gasteiger partial charge in [0.05, 0.1) is 0 Å². The van der Waals surface area contributed by atoms with Crippen LogP contribution in [0.15, 0.2) is 376 Å². The van der Waals surface area contributed by atoms with Gasteiger partial charge in [0.25, 0.3) is 0 Å². The second-order valence-electron chi connectivity index (χ2n) is 23.5. The van der Waals surface area contributed by atoms with Gasteiger partial charge < -0.3 is 19.6 Å². The third-order valence-corrected chi connectivity index (χ3v) is 17.1. The summed E-state index contributed by atoms with van der Waals surface area (Å²) in [5.74, 6) is 28.9. The highest BCUT2D eigenvalue weighted by atomic mass is 15.2. The summed E-state index contributed by atoms with van der Waals surface area (Å²) in [6.45, 7) is 0. The third-order valence-electron chi connectivity index (χ3n) is 17.1. The van der Waals surface area contributed by atoms with Crippen molar-refractivity contribution in [2.45, 2.75) is 0 Å². The highest BCUT2D eigenvalue weighted by molar-refractivity contribution is 6.10. The predicted octanol–water partition coefficient (Wildman–Crippen LogP) is 23.5. The lowest BCUT2D eigenvalue weighted by molar-refractivity contribution is 1.28. The summed E-state index contributed by atoms with van der Waals surface area (Å²) in [4.78, 5) is 9.04. The molecule has 15 aromatic carbocycles. The van der Waals surface area contributed by atoms with Crippen LogP contribution in [-0.2, 0) is 0 Å². The van der Waals surface area contributed by atoms with Gasteiger partial charge in [0.2, 0.25) is 0 Å². The molecule has 0 bridgehead atoms. The minimum atomic E-state index is 0.852. The fourth-order valence-corrected chi connectivity index (χ4v) is 12.4. The van der Waals surface area contributed by atoms with E-state index in [0.29, 0.717) is 0 Å². The molecule has 0 saturated carbocycles. The molecule has 458 valence electrons. The molecule has 0 unspecified atom stereocenters. The van der Waals surface area contributed by atoms with Crippen LogP contribution < -0.4 is 19.6 Å². The van der Waals surface area contributed by atoms with Crippen LogP contribution in [0, 0.1) is 47.4 Å². The van der Waals surface area contributed by atoms with Gasteiger partial charge in [-0.2, -0.15) is 0 Å². The number of rotatable bonds is 12. The Kier molecular flexibility index (Phi) is 17.7. The van der Waals surface area contributed by atoms with Gasteiger partial charge in [0.1, 0.15) is 0 Å². The maximum absolute atomic E-state index is 3.75. The van der Waals surface area contributed by atoms with E-state index in [1.807, 2.05) is 48.5 Å². The Balaban J connectivity index is 0.855. The van der Waals surface area contributed by atoms with Crippen LogP contribution in [0.4, 0.5) is 68.2 Å². The van der Waals surface area contributed by atoms with Crippen molar-refractivity contribution < 1.29 is 0 Å². The molecule has 0 spiro atoms. The maximum Gasteiger partial charge on any atom is 0.0462 e. The Morgan fingerprint density at radius 1 is 0.133 bits per heavy atom. The Labute approximate surface area is 573 Å². The lowest BCUT2D eigenvalue weighted by atomic mass is 9.89. The number of hydrogen-bond acceptors (Lipinski definition) is 4. The normalized spacial score (nSPS) is 10.5. The molecule has 0 saturated heterocycles. The monoisotopic (exact) mass is 1250 g/mol. The summed E-state index contributed by atoms with van der Waals surface area (Å²) in [6.07, 6.45) is 0. The van der Waals surface area contributed by atoms with Gasteiger partial charge in [-0.25, -0.2) is 0 Å². The van der Waals surface area contributed by atoms with Crippen LogP contribution in [0.3, 0.4) is 0 Å². The smallest absolute Gasteiger partial charge is 0.0462 e. The van der Waals surface area contributed by atoms with E-state index in [1.54, 1.807) is 0 Å². The molecule has 4 nitrogen and oxygen atoms in total. The number of benzene rings is 15. The maximum atomic E-state index is 3.75. The average molecular weight is 1250 g/mol. The summed E-state index contributed by atoms with van der Waals surface area (Å²) in [7, 11) is 0. The Morgan fingerprint density at radius 2 is 0.296 bits per heavy atom. The first kappa shape index (κ1) is 60.5. The van der Waals surface area contributed by atoms with Crippen molar-refractivity contribution in [1.29, 1.82) is 0 Å². The fraction of sp³-hybridized carbons (Fsp3) is 0. The minimum absolute atomic E-state index is 0.852. The Bertz CT molecular complexity index is 5000. The van der Waals surface area contributed by atoms with Crippen molar-refractivity contribution in [3.05, 3.63) is 421 Å². The lowest BCUT2D eigenvalue weighted by Gasteiger charge is -2.25. The topological polar surface area (TPSA) is 13.0 Å². The summed E-state index contributed by atoms with van der Waals surface area (Å²) in [6, 6.07) is 130. The lowest BCUT2D eigenvalue weighted by Crippen LogP contribution is -2.09. The van der Waals surface area contributed by atoms with Gasteiger partial charge in [-0.3, -0.25) is 0 Å². The van der Waals surface area contributed by atoms with Gasteiger partial charge in [-0.05, 0) is 229 Å². The zero-order valence-corrected chi connectivity index (χ0v) is 53.6. The highest BCUT2D eigenvalue weighted by Crippen LogP contribution is 2.40. The van der Waals surface area contributed by atoms with E-state index in [2.05, 4.69) is 395 Å². The van der Waals surface area contributed by atoms with E-state index in [1.165, 1.54) is 0 Å². The Hall–Kier alpha value is -13.7. The third kappa shape index (κ3) is 13.5. The van der Waals surface area contributed by atoms with E-state index in [0.717, 1.165) is 134 Å². The van der Waals surface area contributed by atoms with Crippen LogP contribution in [0.1, 0.15) is 44.5 Å². The standard InChI is InChI=1S/C94H62N4/c1-9-25-77(26-10-1)95(78-27-11-2-12-28-78)85-57-45-71(46-58-85)41-43-75-55-67-91-90(66-54-74-51-63-88(64-52-74)98(83-37-21-7-22-38-83)84-39-23-8-24-40-84)94-70-76(44-42-72-47-59-86(60-48-72)96(79-29-13-3-14-30-79)80-31-15-4-16-32-80)56-68-92(94)89(93(91)69-75)65-53-73-49-61-87(62-50-73)97(81-33-17-5-18-34-81)82-35-19-6-20-36-82/h1-40,45-52,55-64,67-70H. The van der Waals surface area contributed by atoms with E-state index in [4.69, 9.17) is 0 Å². The van der Waals surface area contributed by atoms with Crippen molar-refractivity contribution in [2.24, 2.45) is 0 Å². The molecule has 0 atom stereocenters. The van der Waals surface area contributed by atoms with Gasteiger partial charge in [-0.1, -0.05) is 205 Å². The molecule has 0 aliphatic carbocycles. The van der Waals surface area contributed by atoms with Gasteiger partial charge in [0.15, 0.2) is 0 Å². The number of hydrogen-bond donors (Lipinski definition) is 0. The largest absolute Gasteiger partial charge is 0.311 e. The quantitative estimate of drug-likeness (QED) is 0.0893. The predicted molar refractivity (Wildman–Crippen MR) is 410 cm³/mol. The van der Waals surface area contributed by atoms with Crippen molar-refractivity contribution in [2.75, 3.05) is 19.6 Å². The molecule has 0 N–H and O–H groups in total. The van der Waals surface area contributed by atoms with E-state index in [-0.39, 0.29) is 0 Å². The molecule has 0 fully saturated rings. The first-order valence-corrected chi connectivity index (χ1v) is 32.7. The molecule has 98 heavy (non-hydrogen) atoms. The molecule has 15 aromatic rings. The summed E-state index contributed by atoms with van der Waals surface area (Å²) in [5, 5.41) is 3.82. The van der Waals surface area contributed by atoms with Crippen molar-refractivity contribution in [3.8, 4) is 47.4 Å².